The summed E-state index contributed by atoms with van der Waals surface area (Å²) in [5.41, 5.74) is 2.90. The van der Waals surface area contributed by atoms with Gasteiger partial charge in [0, 0.05) is 22.8 Å². The molecule has 7 heteroatoms. The quantitative estimate of drug-likeness (QED) is 0.443. The predicted molar refractivity (Wildman–Crippen MR) is 137 cm³/mol. The lowest BCUT2D eigenvalue weighted by molar-refractivity contribution is 0.102. The Kier molecular flexibility index (Phi) is 7.03. The van der Waals surface area contributed by atoms with Crippen LogP contribution in [0.2, 0.25) is 0 Å². The molecule has 2 N–H and O–H groups in total. The van der Waals surface area contributed by atoms with Crippen LogP contribution in [-0.2, 0) is 12.8 Å². The van der Waals surface area contributed by atoms with Gasteiger partial charge in [-0.2, -0.15) is 0 Å². The van der Waals surface area contributed by atoms with Crippen molar-refractivity contribution in [2.75, 3.05) is 17.2 Å². The molecule has 4 rings (SSSR count). The minimum Gasteiger partial charge on any atom is -0.492 e. The summed E-state index contributed by atoms with van der Waals surface area (Å²) in [5.74, 6) is 0.663. The molecule has 6 nitrogen and oxygen atoms in total. The number of para-hydroxylation sites is 2. The van der Waals surface area contributed by atoms with Gasteiger partial charge in [-0.25, -0.2) is 0 Å². The zero-order valence-corrected chi connectivity index (χ0v) is 20.9. The van der Waals surface area contributed by atoms with Crippen LogP contribution in [0, 0.1) is 11.3 Å². The summed E-state index contributed by atoms with van der Waals surface area (Å²) in [6.45, 7) is 9.20. The molecular formula is C27H31N3O3S. The number of hydrogen-bond acceptors (Lipinski definition) is 5. The van der Waals surface area contributed by atoms with Crippen molar-refractivity contribution in [1.82, 2.24) is 4.98 Å². The van der Waals surface area contributed by atoms with E-state index in [2.05, 4.69) is 36.4 Å². The Morgan fingerprint density at radius 1 is 1.09 bits per heavy atom. The van der Waals surface area contributed by atoms with E-state index in [-0.39, 0.29) is 17.2 Å². The van der Waals surface area contributed by atoms with Crippen molar-refractivity contribution in [2.45, 2.75) is 47.0 Å². The van der Waals surface area contributed by atoms with Crippen LogP contribution in [0.3, 0.4) is 0 Å². The molecule has 1 aliphatic carbocycles. The maximum Gasteiger partial charge on any atom is 0.259 e. The molecule has 3 aromatic rings. The Hall–Kier alpha value is -3.19. The predicted octanol–water partition coefficient (Wildman–Crippen LogP) is 6.20. The minimum atomic E-state index is -0.253. The van der Waals surface area contributed by atoms with E-state index in [1.807, 2.05) is 31.2 Å². The van der Waals surface area contributed by atoms with E-state index < -0.39 is 0 Å². The molecule has 2 heterocycles. The highest BCUT2D eigenvalue weighted by Gasteiger charge is 2.34. The van der Waals surface area contributed by atoms with Gasteiger partial charge < -0.3 is 15.4 Å². The molecule has 0 saturated heterocycles. The molecule has 0 spiro atoms. The van der Waals surface area contributed by atoms with Crippen LogP contribution < -0.4 is 15.4 Å². The van der Waals surface area contributed by atoms with Gasteiger partial charge in [0.05, 0.1) is 17.9 Å². The number of anilines is 2. The summed E-state index contributed by atoms with van der Waals surface area (Å²) in [6, 6.07) is 10.7. The van der Waals surface area contributed by atoms with Gasteiger partial charge in [-0.05, 0) is 67.3 Å². The first kappa shape index (κ1) is 24.0. The van der Waals surface area contributed by atoms with Crippen molar-refractivity contribution in [2.24, 2.45) is 11.3 Å². The lowest BCUT2D eigenvalue weighted by atomic mass is 9.72. The fourth-order valence-corrected chi connectivity index (χ4v) is 5.69. The van der Waals surface area contributed by atoms with Crippen molar-refractivity contribution in [1.29, 1.82) is 0 Å². The third kappa shape index (κ3) is 5.14. The zero-order chi connectivity index (χ0) is 24.3. The van der Waals surface area contributed by atoms with Gasteiger partial charge in [0.2, 0.25) is 0 Å². The second kappa shape index (κ2) is 9.97. The molecule has 1 atom stereocenters. The van der Waals surface area contributed by atoms with Crippen molar-refractivity contribution in [3.63, 3.8) is 0 Å². The van der Waals surface area contributed by atoms with E-state index in [0.717, 1.165) is 24.8 Å². The van der Waals surface area contributed by atoms with Crippen LogP contribution >= 0.6 is 11.3 Å². The highest BCUT2D eigenvalue weighted by atomic mass is 32.1. The largest absolute Gasteiger partial charge is 0.492 e. The number of benzene rings is 1. The van der Waals surface area contributed by atoms with E-state index in [1.54, 1.807) is 24.5 Å². The van der Waals surface area contributed by atoms with E-state index in [1.165, 1.54) is 16.2 Å². The fourth-order valence-electron chi connectivity index (χ4n) is 4.37. The maximum absolute atomic E-state index is 13.6. The van der Waals surface area contributed by atoms with E-state index in [9.17, 15) is 9.59 Å². The number of carbonyl (C=O) groups excluding carboxylic acids is 2. The van der Waals surface area contributed by atoms with Crippen molar-refractivity contribution in [3.05, 3.63) is 70.4 Å². The third-order valence-corrected chi connectivity index (χ3v) is 7.49. The molecule has 178 valence electrons. The summed E-state index contributed by atoms with van der Waals surface area (Å²) in [7, 11) is 0. The van der Waals surface area contributed by atoms with Gasteiger partial charge >= 0.3 is 0 Å². The van der Waals surface area contributed by atoms with Gasteiger partial charge in [-0.15, -0.1) is 11.3 Å². The molecule has 0 unspecified atom stereocenters. The average Bonchev–Trinajstić information content (AvgIpc) is 3.17. The molecule has 2 aromatic heterocycles. The van der Waals surface area contributed by atoms with Crippen molar-refractivity contribution in [3.8, 4) is 5.75 Å². The molecule has 0 radical (unpaired) electrons. The van der Waals surface area contributed by atoms with Crippen LogP contribution in [0.5, 0.6) is 5.75 Å². The summed E-state index contributed by atoms with van der Waals surface area (Å²) >= 11 is 1.52. The monoisotopic (exact) mass is 477 g/mol. The first-order valence-electron chi connectivity index (χ1n) is 11.7. The number of thiophene rings is 1. The molecule has 0 saturated carbocycles. The number of nitrogens with zero attached hydrogens (tertiary/aromatic N) is 1. The average molecular weight is 478 g/mol. The van der Waals surface area contributed by atoms with Crippen LogP contribution in [0.15, 0.2) is 48.8 Å². The highest BCUT2D eigenvalue weighted by Crippen LogP contribution is 2.44. The third-order valence-electron chi connectivity index (χ3n) is 6.32. The number of amides is 2. The van der Waals surface area contributed by atoms with Crippen LogP contribution in [0.1, 0.15) is 65.3 Å². The number of rotatable bonds is 6. The van der Waals surface area contributed by atoms with Gasteiger partial charge in [-0.3, -0.25) is 14.6 Å². The zero-order valence-electron chi connectivity index (χ0n) is 20.1. The molecular weight excluding hydrogens is 446 g/mol. The molecule has 2 amide bonds. The molecule has 34 heavy (non-hydrogen) atoms. The van der Waals surface area contributed by atoms with Gasteiger partial charge in [0.1, 0.15) is 10.8 Å². The topological polar surface area (TPSA) is 80.3 Å². The van der Waals surface area contributed by atoms with Crippen LogP contribution in [0.4, 0.5) is 10.7 Å². The Bertz CT molecular complexity index is 1180. The van der Waals surface area contributed by atoms with Gasteiger partial charge in [0.25, 0.3) is 11.8 Å². The number of carbonyl (C=O) groups is 2. The number of ether oxygens (including phenoxy) is 1. The van der Waals surface area contributed by atoms with E-state index >= 15 is 0 Å². The molecule has 0 fully saturated rings. The summed E-state index contributed by atoms with van der Waals surface area (Å²) in [6.07, 6.45) is 5.90. The fraction of sp³-hybridized carbons (Fsp3) is 0.370. The second-order valence-corrected chi connectivity index (χ2v) is 10.7. The normalized spacial score (nSPS) is 15.4. The van der Waals surface area contributed by atoms with Crippen molar-refractivity contribution < 1.29 is 14.3 Å². The lowest BCUT2D eigenvalue weighted by Gasteiger charge is -2.33. The summed E-state index contributed by atoms with van der Waals surface area (Å²) in [4.78, 5) is 31.7. The maximum atomic E-state index is 13.6. The lowest BCUT2D eigenvalue weighted by Crippen LogP contribution is -2.27. The number of pyridine rings is 1. The molecule has 0 aliphatic heterocycles. The summed E-state index contributed by atoms with van der Waals surface area (Å²) in [5, 5.41) is 6.62. The standard InChI is InChI=1S/C27H31N3O3S/c1-5-33-21-9-7-6-8-20(21)29-25(32)23-19-11-10-18(27(2,3)4)16-22(19)34-26(23)30-24(31)17-12-14-28-15-13-17/h6-9,12-15,18H,5,10-11,16H2,1-4H3,(H,29,32)(H,30,31)/t18-/m0/s1. The Balaban J connectivity index is 1.69. The highest BCUT2D eigenvalue weighted by molar-refractivity contribution is 7.17. The van der Waals surface area contributed by atoms with Crippen LogP contribution in [0.25, 0.3) is 0 Å². The van der Waals surface area contributed by atoms with E-state index in [4.69, 9.17) is 4.74 Å². The number of nitrogens with one attached hydrogen (secondary N) is 2. The Morgan fingerprint density at radius 3 is 2.53 bits per heavy atom. The molecule has 1 aromatic carbocycles. The number of aromatic nitrogens is 1. The van der Waals surface area contributed by atoms with Crippen LogP contribution in [-0.4, -0.2) is 23.4 Å². The van der Waals surface area contributed by atoms with Crippen molar-refractivity contribution >= 4 is 33.8 Å². The first-order valence-corrected chi connectivity index (χ1v) is 12.5. The first-order chi connectivity index (χ1) is 16.3. The number of fused-ring (bicyclic) bond motifs is 1. The van der Waals surface area contributed by atoms with E-state index in [0.29, 0.717) is 40.1 Å². The Labute approximate surface area is 204 Å². The molecule has 1 aliphatic rings. The number of hydrogen-bond donors (Lipinski definition) is 2. The van der Waals surface area contributed by atoms with Gasteiger partial charge in [0.15, 0.2) is 0 Å². The smallest absolute Gasteiger partial charge is 0.259 e. The second-order valence-electron chi connectivity index (χ2n) is 9.59. The Morgan fingerprint density at radius 2 is 1.82 bits per heavy atom. The molecule has 0 bridgehead atoms. The van der Waals surface area contributed by atoms with Gasteiger partial charge in [-0.1, -0.05) is 32.9 Å². The minimum absolute atomic E-state index is 0.182. The summed E-state index contributed by atoms with van der Waals surface area (Å²) < 4.78 is 5.68. The SMILES string of the molecule is CCOc1ccccc1NC(=O)c1c(NC(=O)c2ccncc2)sc2c1CC[C@H](C(C)(C)C)C2.